The van der Waals surface area contributed by atoms with Crippen LogP contribution >= 0.6 is 0 Å². The summed E-state index contributed by atoms with van der Waals surface area (Å²) >= 11 is 0. The zero-order valence-corrected chi connectivity index (χ0v) is 19.7. The molecule has 34 heavy (non-hydrogen) atoms. The fourth-order valence-electron chi connectivity index (χ4n) is 4.05. The lowest BCUT2D eigenvalue weighted by molar-refractivity contribution is -0.120. The van der Waals surface area contributed by atoms with Crippen molar-refractivity contribution in [2.24, 2.45) is 5.92 Å². The zero-order valence-electron chi connectivity index (χ0n) is 18.9. The molecular formula is C23H26N4O6S. The minimum absolute atomic E-state index is 0.0328. The molecule has 2 amide bonds. The van der Waals surface area contributed by atoms with E-state index < -0.39 is 15.9 Å². The van der Waals surface area contributed by atoms with E-state index in [2.05, 4.69) is 15.8 Å². The van der Waals surface area contributed by atoms with E-state index in [-0.39, 0.29) is 35.6 Å². The maximum atomic E-state index is 13.2. The van der Waals surface area contributed by atoms with Crippen molar-refractivity contribution in [3.05, 3.63) is 65.4 Å². The van der Waals surface area contributed by atoms with Crippen molar-refractivity contribution < 1.29 is 26.9 Å². The Hall–Kier alpha value is -3.44. The summed E-state index contributed by atoms with van der Waals surface area (Å²) in [4.78, 5) is 25.8. The van der Waals surface area contributed by atoms with Gasteiger partial charge in [-0.25, -0.2) is 8.42 Å². The van der Waals surface area contributed by atoms with Gasteiger partial charge in [-0.15, -0.1) is 0 Å². The summed E-state index contributed by atoms with van der Waals surface area (Å²) in [6.45, 7) is 3.68. The van der Waals surface area contributed by atoms with Crippen LogP contribution in [-0.2, 0) is 21.4 Å². The number of aryl methyl sites for hydroxylation is 2. The number of furan rings is 1. The number of nitrogens with zero attached hydrogens (tertiary/aromatic N) is 2. The molecule has 11 heteroatoms. The zero-order chi connectivity index (χ0) is 24.3. The molecule has 1 saturated heterocycles. The number of nitrogens with one attached hydrogen (secondary N) is 2. The first kappa shape index (κ1) is 23.7. The minimum atomic E-state index is -3.85. The predicted octanol–water partition coefficient (Wildman–Crippen LogP) is 2.85. The van der Waals surface area contributed by atoms with Crippen molar-refractivity contribution in [3.8, 4) is 0 Å². The number of benzene rings is 1. The standard InChI is InChI=1S/C23H26N4O6S/c1-15-21(16(2)33-26-15)34(30,31)27-11-5-7-17(14-27)22(28)25-20-10-4-3-9-19(20)23(29)24-13-18-8-6-12-32-18/h3-4,6,8-10,12,17H,5,7,11,13-14H2,1-2H3,(H,24,29)(H,25,28). The number of hydrogen-bond donors (Lipinski definition) is 2. The molecule has 1 aliphatic rings. The highest BCUT2D eigenvalue weighted by molar-refractivity contribution is 7.89. The highest BCUT2D eigenvalue weighted by atomic mass is 32.2. The highest BCUT2D eigenvalue weighted by Gasteiger charge is 2.36. The summed E-state index contributed by atoms with van der Waals surface area (Å²) < 4.78 is 37.9. The number of rotatable bonds is 7. The van der Waals surface area contributed by atoms with Gasteiger partial charge in [0.05, 0.1) is 30.0 Å². The summed E-state index contributed by atoms with van der Waals surface area (Å²) in [7, 11) is -3.85. The molecular weight excluding hydrogens is 460 g/mol. The van der Waals surface area contributed by atoms with E-state index in [4.69, 9.17) is 8.94 Å². The van der Waals surface area contributed by atoms with Gasteiger partial charge in [-0.2, -0.15) is 4.31 Å². The van der Waals surface area contributed by atoms with Gasteiger partial charge in [0, 0.05) is 13.1 Å². The van der Waals surface area contributed by atoms with Gasteiger partial charge in [0.15, 0.2) is 5.76 Å². The molecule has 1 aliphatic heterocycles. The Bertz CT molecular complexity index is 1260. The Balaban J connectivity index is 1.45. The lowest BCUT2D eigenvalue weighted by Gasteiger charge is -2.31. The van der Waals surface area contributed by atoms with E-state index in [0.29, 0.717) is 42.1 Å². The third kappa shape index (κ3) is 4.90. The molecule has 1 aromatic carbocycles. The summed E-state index contributed by atoms with van der Waals surface area (Å²) in [5.74, 6) is -0.443. The maximum Gasteiger partial charge on any atom is 0.253 e. The number of para-hydroxylation sites is 1. The van der Waals surface area contributed by atoms with Crippen molar-refractivity contribution >= 4 is 27.5 Å². The summed E-state index contributed by atoms with van der Waals surface area (Å²) in [6, 6.07) is 10.2. The van der Waals surface area contributed by atoms with Crippen LogP contribution in [0.2, 0.25) is 0 Å². The first-order chi connectivity index (χ1) is 16.3. The molecule has 0 bridgehead atoms. The second-order valence-electron chi connectivity index (χ2n) is 8.15. The molecule has 0 aliphatic carbocycles. The van der Waals surface area contributed by atoms with E-state index in [1.54, 1.807) is 50.2 Å². The van der Waals surface area contributed by atoms with Crippen LogP contribution in [0.3, 0.4) is 0 Å². The second-order valence-corrected chi connectivity index (χ2v) is 10.0. The van der Waals surface area contributed by atoms with Crippen molar-refractivity contribution in [1.82, 2.24) is 14.8 Å². The van der Waals surface area contributed by atoms with Gasteiger partial charge in [-0.3, -0.25) is 9.59 Å². The summed E-state index contributed by atoms with van der Waals surface area (Å²) in [5, 5.41) is 9.31. The van der Waals surface area contributed by atoms with Crippen molar-refractivity contribution in [2.45, 2.75) is 38.1 Å². The third-order valence-corrected chi connectivity index (χ3v) is 7.86. The van der Waals surface area contributed by atoms with E-state index in [9.17, 15) is 18.0 Å². The van der Waals surface area contributed by atoms with Crippen molar-refractivity contribution in [1.29, 1.82) is 0 Å². The molecule has 3 heterocycles. The van der Waals surface area contributed by atoms with Crippen LogP contribution in [0.4, 0.5) is 5.69 Å². The van der Waals surface area contributed by atoms with E-state index in [0.717, 1.165) is 0 Å². The first-order valence-electron chi connectivity index (χ1n) is 10.9. The lowest BCUT2D eigenvalue weighted by atomic mass is 9.98. The number of hydrogen-bond acceptors (Lipinski definition) is 7. The lowest BCUT2D eigenvalue weighted by Crippen LogP contribution is -2.44. The number of amides is 2. The number of carbonyl (C=O) groups excluding carboxylic acids is 2. The monoisotopic (exact) mass is 486 g/mol. The maximum absolute atomic E-state index is 13.2. The van der Waals surface area contributed by atoms with Crippen LogP contribution in [0.15, 0.2) is 56.5 Å². The first-order valence-corrected chi connectivity index (χ1v) is 12.3. The summed E-state index contributed by atoms with van der Waals surface area (Å²) in [6.07, 6.45) is 2.59. The Morgan fingerprint density at radius 2 is 1.97 bits per heavy atom. The van der Waals surface area contributed by atoms with Gasteiger partial charge >= 0.3 is 0 Å². The molecule has 0 saturated carbocycles. The quantitative estimate of drug-likeness (QED) is 0.524. The fraction of sp³-hybridized carbons (Fsp3) is 0.348. The molecule has 2 N–H and O–H groups in total. The average molecular weight is 487 g/mol. The molecule has 1 unspecified atom stereocenters. The Labute approximate surface area is 197 Å². The minimum Gasteiger partial charge on any atom is -0.467 e. The van der Waals surface area contributed by atoms with Crippen LogP contribution < -0.4 is 10.6 Å². The SMILES string of the molecule is Cc1noc(C)c1S(=O)(=O)N1CCCC(C(=O)Nc2ccccc2C(=O)NCc2ccco2)C1. The largest absolute Gasteiger partial charge is 0.467 e. The molecule has 4 rings (SSSR count). The van der Waals surface area contributed by atoms with Crippen molar-refractivity contribution in [2.75, 3.05) is 18.4 Å². The highest BCUT2D eigenvalue weighted by Crippen LogP contribution is 2.28. The molecule has 1 fully saturated rings. The van der Waals surface area contributed by atoms with Crippen LogP contribution in [0.25, 0.3) is 0 Å². The van der Waals surface area contributed by atoms with Gasteiger partial charge in [0.2, 0.25) is 15.9 Å². The molecule has 0 spiro atoms. The summed E-state index contributed by atoms with van der Waals surface area (Å²) in [5.41, 5.74) is 0.951. The van der Waals surface area contributed by atoms with E-state index in [1.807, 2.05) is 0 Å². The van der Waals surface area contributed by atoms with Crippen LogP contribution in [-0.4, -0.2) is 42.8 Å². The Morgan fingerprint density at radius 3 is 2.68 bits per heavy atom. The normalized spacial score (nSPS) is 16.8. The van der Waals surface area contributed by atoms with Crippen molar-refractivity contribution in [3.63, 3.8) is 0 Å². The number of sulfonamides is 1. The third-order valence-electron chi connectivity index (χ3n) is 5.75. The van der Waals surface area contributed by atoms with Crippen LogP contribution in [0, 0.1) is 19.8 Å². The second kappa shape index (κ2) is 9.82. The van der Waals surface area contributed by atoms with Crippen LogP contribution in [0.5, 0.6) is 0 Å². The van der Waals surface area contributed by atoms with Gasteiger partial charge in [-0.05, 0) is 51.0 Å². The molecule has 2 aromatic heterocycles. The average Bonchev–Trinajstić information content (AvgIpc) is 3.47. The molecule has 1 atom stereocenters. The Morgan fingerprint density at radius 1 is 1.18 bits per heavy atom. The smallest absolute Gasteiger partial charge is 0.253 e. The van der Waals surface area contributed by atoms with Gasteiger partial charge in [0.1, 0.15) is 16.3 Å². The van der Waals surface area contributed by atoms with E-state index >= 15 is 0 Å². The number of aromatic nitrogens is 1. The molecule has 10 nitrogen and oxygen atoms in total. The molecule has 0 radical (unpaired) electrons. The van der Waals surface area contributed by atoms with E-state index in [1.165, 1.54) is 10.6 Å². The Kier molecular flexibility index (Phi) is 6.85. The molecule has 3 aromatic rings. The number of carbonyl (C=O) groups is 2. The van der Waals surface area contributed by atoms with Gasteiger partial charge < -0.3 is 19.6 Å². The number of piperidine rings is 1. The molecule has 180 valence electrons. The van der Waals surface area contributed by atoms with Gasteiger partial charge in [0.25, 0.3) is 5.91 Å². The van der Waals surface area contributed by atoms with Crippen LogP contribution in [0.1, 0.15) is 40.4 Å². The predicted molar refractivity (Wildman–Crippen MR) is 122 cm³/mol. The fourth-order valence-corrected chi connectivity index (χ4v) is 5.86. The van der Waals surface area contributed by atoms with Gasteiger partial charge in [-0.1, -0.05) is 17.3 Å². The number of anilines is 1. The topological polar surface area (TPSA) is 135 Å².